The molecule has 0 amide bonds. The van der Waals surface area contributed by atoms with Crippen molar-refractivity contribution < 1.29 is 19.1 Å². The van der Waals surface area contributed by atoms with Crippen molar-refractivity contribution in [2.24, 2.45) is 5.92 Å². The first-order chi connectivity index (χ1) is 9.90. The summed E-state index contributed by atoms with van der Waals surface area (Å²) in [6, 6.07) is 4.10. The number of aryl methyl sites for hydroxylation is 3. The van der Waals surface area contributed by atoms with Crippen LogP contribution in [0.1, 0.15) is 36.1 Å². The Labute approximate surface area is 126 Å². The molecular formula is C17H24O4. The summed E-state index contributed by atoms with van der Waals surface area (Å²) in [6.45, 7) is 9.95. The van der Waals surface area contributed by atoms with Crippen molar-refractivity contribution in [3.63, 3.8) is 0 Å². The van der Waals surface area contributed by atoms with Crippen LogP contribution in [0.5, 0.6) is 0 Å². The minimum absolute atomic E-state index is 0.251. The van der Waals surface area contributed by atoms with Crippen LogP contribution in [-0.2, 0) is 25.5 Å². The Kier molecular flexibility index (Phi) is 6.40. The molecular weight excluding hydrogens is 268 g/mol. The number of ether oxygens (including phenoxy) is 2. The highest BCUT2D eigenvalue weighted by atomic mass is 16.6. The van der Waals surface area contributed by atoms with E-state index in [-0.39, 0.29) is 13.2 Å². The highest BCUT2D eigenvalue weighted by Gasteiger charge is 2.30. The van der Waals surface area contributed by atoms with Crippen molar-refractivity contribution in [1.82, 2.24) is 0 Å². The van der Waals surface area contributed by atoms with E-state index < -0.39 is 17.9 Å². The van der Waals surface area contributed by atoms with Crippen molar-refractivity contribution in [2.75, 3.05) is 13.2 Å². The zero-order valence-corrected chi connectivity index (χ0v) is 13.5. The summed E-state index contributed by atoms with van der Waals surface area (Å²) in [5.74, 6) is -1.93. The third-order valence-electron chi connectivity index (χ3n) is 3.39. The number of benzene rings is 1. The molecule has 1 rings (SSSR count). The molecule has 0 fully saturated rings. The number of hydrogen-bond acceptors (Lipinski definition) is 4. The summed E-state index contributed by atoms with van der Waals surface area (Å²) < 4.78 is 10.0. The topological polar surface area (TPSA) is 52.6 Å². The molecule has 0 aromatic heterocycles. The molecule has 4 nitrogen and oxygen atoms in total. The second-order valence-corrected chi connectivity index (χ2v) is 5.14. The van der Waals surface area contributed by atoms with Crippen molar-refractivity contribution in [2.45, 2.75) is 41.0 Å². The zero-order chi connectivity index (χ0) is 16.0. The molecule has 0 N–H and O–H groups in total. The van der Waals surface area contributed by atoms with Crippen LogP contribution < -0.4 is 0 Å². The number of carbonyl (C=O) groups excluding carboxylic acids is 2. The molecule has 116 valence electrons. The summed E-state index contributed by atoms with van der Waals surface area (Å²) in [5, 5.41) is 0. The Morgan fingerprint density at radius 1 is 0.952 bits per heavy atom. The predicted octanol–water partition coefficient (Wildman–Crippen LogP) is 2.90. The van der Waals surface area contributed by atoms with Crippen molar-refractivity contribution >= 4 is 11.9 Å². The second-order valence-electron chi connectivity index (χ2n) is 5.14. The molecule has 1 aromatic carbocycles. The van der Waals surface area contributed by atoms with Gasteiger partial charge in [-0.05, 0) is 57.7 Å². The lowest BCUT2D eigenvalue weighted by molar-refractivity contribution is -0.161. The highest BCUT2D eigenvalue weighted by molar-refractivity contribution is 5.95. The summed E-state index contributed by atoms with van der Waals surface area (Å²) >= 11 is 0. The van der Waals surface area contributed by atoms with E-state index in [9.17, 15) is 9.59 Å². The minimum Gasteiger partial charge on any atom is -0.465 e. The first-order valence-electron chi connectivity index (χ1n) is 7.30. The van der Waals surface area contributed by atoms with Gasteiger partial charge in [-0.3, -0.25) is 9.59 Å². The maximum absolute atomic E-state index is 12.0. The van der Waals surface area contributed by atoms with E-state index >= 15 is 0 Å². The van der Waals surface area contributed by atoms with Crippen LogP contribution in [0.15, 0.2) is 12.1 Å². The molecule has 0 heterocycles. The van der Waals surface area contributed by atoms with Crippen molar-refractivity contribution in [1.29, 1.82) is 0 Å². The fourth-order valence-electron chi connectivity index (χ4n) is 2.48. The van der Waals surface area contributed by atoms with Gasteiger partial charge in [0.25, 0.3) is 0 Å². The summed E-state index contributed by atoms with van der Waals surface area (Å²) in [7, 11) is 0. The molecule has 21 heavy (non-hydrogen) atoms. The molecule has 0 unspecified atom stereocenters. The molecule has 0 aliphatic heterocycles. The monoisotopic (exact) mass is 292 g/mol. The van der Waals surface area contributed by atoms with Gasteiger partial charge >= 0.3 is 11.9 Å². The fourth-order valence-corrected chi connectivity index (χ4v) is 2.48. The van der Waals surface area contributed by atoms with Crippen LogP contribution in [0.25, 0.3) is 0 Å². The average molecular weight is 292 g/mol. The van der Waals surface area contributed by atoms with Crippen molar-refractivity contribution in [3.05, 3.63) is 34.4 Å². The summed E-state index contributed by atoms with van der Waals surface area (Å²) in [6.07, 6.45) is 0.315. The molecule has 0 aliphatic rings. The van der Waals surface area contributed by atoms with E-state index in [0.717, 1.165) is 22.3 Å². The third kappa shape index (κ3) is 4.59. The van der Waals surface area contributed by atoms with Gasteiger partial charge in [0.1, 0.15) is 0 Å². The van der Waals surface area contributed by atoms with E-state index in [1.54, 1.807) is 13.8 Å². The van der Waals surface area contributed by atoms with Gasteiger partial charge in [-0.15, -0.1) is 0 Å². The van der Waals surface area contributed by atoms with E-state index in [1.807, 2.05) is 20.8 Å². The second kappa shape index (κ2) is 7.81. The molecule has 0 radical (unpaired) electrons. The highest BCUT2D eigenvalue weighted by Crippen LogP contribution is 2.21. The maximum atomic E-state index is 12.0. The Morgan fingerprint density at radius 3 is 1.76 bits per heavy atom. The SMILES string of the molecule is CCOC(=O)C(Cc1c(C)cc(C)cc1C)C(=O)OCC. The van der Waals surface area contributed by atoms with Crippen LogP contribution in [0.4, 0.5) is 0 Å². The van der Waals surface area contributed by atoms with E-state index in [1.165, 1.54) is 0 Å². The molecule has 4 heteroatoms. The lowest BCUT2D eigenvalue weighted by atomic mass is 9.91. The van der Waals surface area contributed by atoms with Gasteiger partial charge in [-0.2, -0.15) is 0 Å². The molecule has 1 aromatic rings. The fraction of sp³-hybridized carbons (Fsp3) is 0.529. The van der Waals surface area contributed by atoms with Gasteiger partial charge in [-0.1, -0.05) is 17.7 Å². The molecule has 0 saturated heterocycles. The van der Waals surface area contributed by atoms with Crippen molar-refractivity contribution in [3.8, 4) is 0 Å². The molecule has 0 saturated carbocycles. The molecule has 0 aliphatic carbocycles. The molecule has 0 spiro atoms. The van der Waals surface area contributed by atoms with E-state index in [0.29, 0.717) is 6.42 Å². The molecule has 0 bridgehead atoms. The molecule has 0 atom stereocenters. The minimum atomic E-state index is -0.898. The smallest absolute Gasteiger partial charge is 0.320 e. The maximum Gasteiger partial charge on any atom is 0.320 e. The third-order valence-corrected chi connectivity index (χ3v) is 3.39. The number of esters is 2. The first-order valence-corrected chi connectivity index (χ1v) is 7.30. The zero-order valence-electron chi connectivity index (χ0n) is 13.5. The van der Waals surface area contributed by atoms with E-state index in [4.69, 9.17) is 9.47 Å². The van der Waals surface area contributed by atoms with Gasteiger partial charge in [0.15, 0.2) is 5.92 Å². The van der Waals surface area contributed by atoms with E-state index in [2.05, 4.69) is 12.1 Å². The van der Waals surface area contributed by atoms with Gasteiger partial charge in [-0.25, -0.2) is 0 Å². The van der Waals surface area contributed by atoms with Gasteiger partial charge in [0.05, 0.1) is 13.2 Å². The van der Waals surface area contributed by atoms with Gasteiger partial charge < -0.3 is 9.47 Å². The average Bonchev–Trinajstić information content (AvgIpc) is 2.38. The number of hydrogen-bond donors (Lipinski definition) is 0. The lowest BCUT2D eigenvalue weighted by Gasteiger charge is -2.17. The van der Waals surface area contributed by atoms with Crippen LogP contribution in [0.3, 0.4) is 0 Å². The lowest BCUT2D eigenvalue weighted by Crippen LogP contribution is -2.30. The Balaban J connectivity index is 3.06. The largest absolute Gasteiger partial charge is 0.465 e. The first kappa shape index (κ1) is 17.2. The summed E-state index contributed by atoms with van der Waals surface area (Å²) in [4.78, 5) is 24.1. The van der Waals surface area contributed by atoms with Gasteiger partial charge in [0, 0.05) is 0 Å². The quantitative estimate of drug-likeness (QED) is 0.597. The number of carbonyl (C=O) groups is 2. The van der Waals surface area contributed by atoms with Crippen LogP contribution in [-0.4, -0.2) is 25.2 Å². The predicted molar refractivity (Wildman–Crippen MR) is 81.1 cm³/mol. The Morgan fingerprint density at radius 2 is 1.38 bits per heavy atom. The summed E-state index contributed by atoms with van der Waals surface area (Å²) in [5.41, 5.74) is 4.32. The van der Waals surface area contributed by atoms with Crippen LogP contribution >= 0.6 is 0 Å². The standard InChI is InChI=1S/C17H24O4/c1-6-20-16(18)15(17(19)21-7-2)10-14-12(4)8-11(3)9-13(14)5/h8-9,15H,6-7,10H2,1-5H3. The van der Waals surface area contributed by atoms with Crippen LogP contribution in [0.2, 0.25) is 0 Å². The number of rotatable bonds is 6. The van der Waals surface area contributed by atoms with Crippen LogP contribution in [0, 0.1) is 26.7 Å². The normalized spacial score (nSPS) is 10.6. The van der Waals surface area contributed by atoms with Gasteiger partial charge in [0.2, 0.25) is 0 Å². The Hall–Kier alpha value is -1.84. The Bertz CT molecular complexity index is 479.